The second-order valence-electron chi connectivity index (χ2n) is 4.94. The molecular formula is C15H13ClFNO2S. The minimum absolute atomic E-state index is 0.131. The Labute approximate surface area is 131 Å². The van der Waals surface area contributed by atoms with Crippen molar-refractivity contribution in [3.63, 3.8) is 0 Å². The minimum atomic E-state index is -0.337. The molecule has 0 fully saturated rings. The number of rotatable bonds is 2. The Balaban J connectivity index is 1.93. The van der Waals surface area contributed by atoms with Crippen molar-refractivity contribution in [2.75, 3.05) is 7.11 Å². The number of fused-ring (bicyclic) bond motifs is 1. The van der Waals surface area contributed by atoms with Crippen LogP contribution in [-0.2, 0) is 4.74 Å². The van der Waals surface area contributed by atoms with Crippen LogP contribution in [0.3, 0.4) is 0 Å². The quantitative estimate of drug-likeness (QED) is 0.812. The highest BCUT2D eigenvalue weighted by Gasteiger charge is 2.37. The second-order valence-corrected chi connectivity index (χ2v) is 6.48. The van der Waals surface area contributed by atoms with E-state index < -0.39 is 0 Å². The Morgan fingerprint density at radius 1 is 1.52 bits per heavy atom. The van der Waals surface area contributed by atoms with Crippen molar-refractivity contribution in [3.05, 3.63) is 56.4 Å². The summed E-state index contributed by atoms with van der Waals surface area (Å²) in [4.78, 5) is 14.2. The van der Waals surface area contributed by atoms with Gasteiger partial charge in [-0.25, -0.2) is 4.39 Å². The molecule has 3 nitrogen and oxygen atoms in total. The molecule has 0 bridgehead atoms. The van der Waals surface area contributed by atoms with E-state index in [0.29, 0.717) is 9.90 Å². The summed E-state index contributed by atoms with van der Waals surface area (Å²) in [6.45, 7) is 1.84. The smallest absolute Gasteiger partial charge is 0.259 e. The summed E-state index contributed by atoms with van der Waals surface area (Å²) in [5.41, 5.74) is 2.21. The molecule has 0 N–H and O–H groups in total. The largest absolute Gasteiger partial charge is 0.494 e. The molecule has 1 aliphatic heterocycles. The van der Waals surface area contributed by atoms with E-state index in [1.165, 1.54) is 18.4 Å². The summed E-state index contributed by atoms with van der Waals surface area (Å²) in [5, 5.41) is 1.72. The van der Waals surface area contributed by atoms with Crippen LogP contribution >= 0.6 is 22.9 Å². The lowest BCUT2D eigenvalue weighted by atomic mass is 9.98. The number of nitrogens with zero attached hydrogens (tertiary/aromatic N) is 1. The van der Waals surface area contributed by atoms with Crippen molar-refractivity contribution in [1.82, 2.24) is 4.90 Å². The third kappa shape index (κ3) is 2.40. The zero-order valence-corrected chi connectivity index (χ0v) is 13.1. The molecule has 0 radical (unpaired) electrons. The number of thiophene rings is 1. The third-order valence-electron chi connectivity index (χ3n) is 3.64. The molecule has 6 heteroatoms. The van der Waals surface area contributed by atoms with Crippen LogP contribution in [0.15, 0.2) is 46.5 Å². The van der Waals surface area contributed by atoms with Crippen molar-refractivity contribution < 1.29 is 13.9 Å². The maximum atomic E-state index is 14.0. The van der Waals surface area contributed by atoms with Gasteiger partial charge in [0.15, 0.2) is 5.76 Å². The number of hydrogen-bond acceptors (Lipinski definition) is 3. The van der Waals surface area contributed by atoms with E-state index in [2.05, 4.69) is 0 Å². The average Bonchev–Trinajstić information content (AvgIpc) is 3.00. The zero-order valence-electron chi connectivity index (χ0n) is 11.5. The lowest BCUT2D eigenvalue weighted by Crippen LogP contribution is -2.37. The number of halogens is 2. The topological polar surface area (TPSA) is 29.5 Å². The maximum Gasteiger partial charge on any atom is 0.259 e. The molecule has 2 heterocycles. The average molecular weight is 326 g/mol. The van der Waals surface area contributed by atoms with E-state index in [0.717, 1.165) is 11.3 Å². The molecule has 1 amide bonds. The van der Waals surface area contributed by atoms with Gasteiger partial charge in [-0.05, 0) is 30.7 Å². The van der Waals surface area contributed by atoms with Crippen LogP contribution in [0.25, 0.3) is 0 Å². The first-order chi connectivity index (χ1) is 10.0. The normalized spacial score (nSPS) is 21.1. The number of amides is 1. The van der Waals surface area contributed by atoms with Gasteiger partial charge in [0.25, 0.3) is 5.91 Å². The van der Waals surface area contributed by atoms with Crippen LogP contribution in [0.1, 0.15) is 23.7 Å². The molecule has 1 aromatic heterocycles. The fraction of sp³-hybridized carbons (Fsp3) is 0.267. The number of ether oxygens (including phenoxy) is 1. The highest BCUT2D eigenvalue weighted by molar-refractivity contribution is 7.14. The lowest BCUT2D eigenvalue weighted by molar-refractivity contribution is 0.0776. The number of carbonyl (C=O) groups is 1. The Morgan fingerprint density at radius 3 is 2.90 bits per heavy atom. The van der Waals surface area contributed by atoms with Gasteiger partial charge in [-0.15, -0.1) is 11.3 Å². The van der Waals surface area contributed by atoms with Gasteiger partial charge in [-0.1, -0.05) is 11.6 Å². The van der Waals surface area contributed by atoms with Crippen molar-refractivity contribution >= 4 is 28.8 Å². The predicted molar refractivity (Wildman–Crippen MR) is 80.9 cm³/mol. The molecule has 0 aromatic carbocycles. The van der Waals surface area contributed by atoms with E-state index in [1.807, 2.05) is 13.0 Å². The number of hydrogen-bond donors (Lipinski definition) is 0. The number of methoxy groups -OCH3 is 1. The van der Waals surface area contributed by atoms with Crippen LogP contribution in [0.2, 0.25) is 4.34 Å². The molecule has 0 saturated heterocycles. The van der Waals surface area contributed by atoms with Gasteiger partial charge >= 0.3 is 0 Å². The van der Waals surface area contributed by atoms with Crippen molar-refractivity contribution in [2.24, 2.45) is 0 Å². The van der Waals surface area contributed by atoms with E-state index in [-0.39, 0.29) is 30.0 Å². The molecular weight excluding hydrogens is 313 g/mol. The Bertz CT molecular complexity index is 704. The maximum absolute atomic E-state index is 14.0. The fourth-order valence-corrected chi connectivity index (χ4v) is 3.54. The Morgan fingerprint density at radius 2 is 2.29 bits per heavy atom. The van der Waals surface area contributed by atoms with E-state index in [4.69, 9.17) is 16.3 Å². The summed E-state index contributed by atoms with van der Waals surface area (Å²) in [7, 11) is 1.44. The van der Waals surface area contributed by atoms with Crippen LogP contribution in [-0.4, -0.2) is 24.0 Å². The summed E-state index contributed by atoms with van der Waals surface area (Å²) in [6.07, 6.45) is 3.68. The molecule has 1 aliphatic carbocycles. The summed E-state index contributed by atoms with van der Waals surface area (Å²) in [5.74, 6) is -0.261. The predicted octanol–water partition coefficient (Wildman–Crippen LogP) is 4.29. The summed E-state index contributed by atoms with van der Waals surface area (Å²) >= 11 is 7.19. The van der Waals surface area contributed by atoms with Gasteiger partial charge in [0.1, 0.15) is 5.83 Å². The van der Waals surface area contributed by atoms with E-state index >= 15 is 0 Å². The highest BCUT2D eigenvalue weighted by atomic mass is 35.5. The van der Waals surface area contributed by atoms with Crippen LogP contribution in [0.5, 0.6) is 0 Å². The molecule has 2 aliphatic rings. The number of carbonyl (C=O) groups excluding carboxylic acids is 1. The molecule has 1 atom stereocenters. The van der Waals surface area contributed by atoms with Crippen LogP contribution in [0.4, 0.5) is 4.39 Å². The monoisotopic (exact) mass is 325 g/mol. The number of allylic oxidation sites excluding steroid dienone is 2. The molecule has 1 unspecified atom stereocenters. The molecule has 0 saturated carbocycles. The van der Waals surface area contributed by atoms with Gasteiger partial charge in [-0.3, -0.25) is 4.79 Å². The molecule has 0 spiro atoms. The molecule has 21 heavy (non-hydrogen) atoms. The lowest BCUT2D eigenvalue weighted by Gasteiger charge is -2.29. The highest BCUT2D eigenvalue weighted by Crippen LogP contribution is 2.38. The van der Waals surface area contributed by atoms with Crippen molar-refractivity contribution in [2.45, 2.75) is 19.4 Å². The van der Waals surface area contributed by atoms with Crippen molar-refractivity contribution in [3.8, 4) is 0 Å². The minimum Gasteiger partial charge on any atom is -0.494 e. The Hall–Kier alpha value is -1.59. The summed E-state index contributed by atoms with van der Waals surface area (Å²) < 4.78 is 19.6. The van der Waals surface area contributed by atoms with Gasteiger partial charge in [0.2, 0.25) is 0 Å². The van der Waals surface area contributed by atoms with E-state index in [1.54, 1.807) is 22.4 Å². The van der Waals surface area contributed by atoms with Crippen LogP contribution < -0.4 is 0 Å². The zero-order chi connectivity index (χ0) is 15.1. The van der Waals surface area contributed by atoms with Gasteiger partial charge in [0.05, 0.1) is 23.1 Å². The third-order valence-corrected chi connectivity index (χ3v) is 4.73. The Kier molecular flexibility index (Phi) is 3.63. The van der Waals surface area contributed by atoms with Gasteiger partial charge in [-0.2, -0.15) is 0 Å². The first kappa shape index (κ1) is 14.4. The first-order valence-electron chi connectivity index (χ1n) is 6.41. The standard InChI is InChI=1S/C15H13ClFNO2S/c1-8-3-9-4-13(20-2)11(17)6-12(9)18(8)15(19)10-5-14(16)21-7-10/h3-5,7,12H,6H2,1-2H3. The van der Waals surface area contributed by atoms with Crippen molar-refractivity contribution in [1.29, 1.82) is 0 Å². The summed E-state index contributed by atoms with van der Waals surface area (Å²) in [6, 6.07) is 1.33. The van der Waals surface area contributed by atoms with Gasteiger partial charge in [0, 0.05) is 17.5 Å². The van der Waals surface area contributed by atoms with Gasteiger partial charge < -0.3 is 9.64 Å². The molecule has 110 valence electrons. The second kappa shape index (κ2) is 5.31. The molecule has 1 aromatic rings. The fourth-order valence-electron chi connectivity index (χ4n) is 2.68. The van der Waals surface area contributed by atoms with E-state index in [9.17, 15) is 9.18 Å². The molecule has 3 rings (SSSR count). The SMILES string of the molecule is COC1=C(F)CC2C(=C1)C=C(C)N2C(=O)c1csc(Cl)c1. The van der Waals surface area contributed by atoms with Crippen LogP contribution in [0, 0.1) is 0 Å². The first-order valence-corrected chi connectivity index (χ1v) is 7.67.